The molecule has 0 saturated heterocycles. The first kappa shape index (κ1) is 13.4. The summed E-state index contributed by atoms with van der Waals surface area (Å²) in [4.78, 5) is 4.53. The predicted octanol–water partition coefficient (Wildman–Crippen LogP) is 1.50. The first-order chi connectivity index (χ1) is 10.3. The lowest BCUT2D eigenvalue weighted by Crippen LogP contribution is -2.16. The molecule has 7 heteroatoms. The predicted molar refractivity (Wildman–Crippen MR) is 77.1 cm³/mol. The molecule has 0 radical (unpaired) electrons. The van der Waals surface area contributed by atoms with E-state index in [-0.39, 0.29) is 0 Å². The number of aliphatic hydroxyl groups excluding tert-OH is 1. The fourth-order valence-electron chi connectivity index (χ4n) is 2.01. The van der Waals surface area contributed by atoms with E-state index >= 15 is 0 Å². The minimum atomic E-state index is -0.471. The first-order valence-corrected chi connectivity index (χ1v) is 6.82. The summed E-state index contributed by atoms with van der Waals surface area (Å²) in [6.45, 7) is 2.30. The van der Waals surface area contributed by atoms with Gasteiger partial charge in [-0.2, -0.15) is 20.5 Å². The van der Waals surface area contributed by atoms with Gasteiger partial charge in [0.15, 0.2) is 11.6 Å². The normalized spacial score (nSPS) is 12.5. The van der Waals surface area contributed by atoms with Crippen LogP contribution in [0.1, 0.15) is 13.3 Å². The summed E-state index contributed by atoms with van der Waals surface area (Å²) in [6, 6.07) is 9.71. The Hall–Kier alpha value is -2.54. The smallest absolute Gasteiger partial charge is 0.181 e. The SMILES string of the molecule is CC[C@H](O)Cn1nc(-c2ccccc2)nc1-c1cn[nH]n1. The minimum Gasteiger partial charge on any atom is -0.391 e. The lowest BCUT2D eigenvalue weighted by molar-refractivity contribution is 0.146. The van der Waals surface area contributed by atoms with Gasteiger partial charge in [-0.3, -0.25) is 0 Å². The van der Waals surface area contributed by atoms with Gasteiger partial charge in [-0.15, -0.1) is 0 Å². The molecule has 3 aromatic rings. The van der Waals surface area contributed by atoms with Crippen LogP contribution in [0, 0.1) is 0 Å². The van der Waals surface area contributed by atoms with Gasteiger partial charge < -0.3 is 5.11 Å². The van der Waals surface area contributed by atoms with Crippen molar-refractivity contribution < 1.29 is 5.11 Å². The van der Waals surface area contributed by atoms with Crippen LogP contribution in [0.4, 0.5) is 0 Å². The van der Waals surface area contributed by atoms with Crippen molar-refractivity contribution in [1.82, 2.24) is 30.2 Å². The van der Waals surface area contributed by atoms with Crippen molar-refractivity contribution in [3.8, 4) is 22.9 Å². The summed E-state index contributed by atoms with van der Waals surface area (Å²) < 4.78 is 1.67. The van der Waals surface area contributed by atoms with Crippen molar-refractivity contribution in [3.05, 3.63) is 36.5 Å². The zero-order valence-corrected chi connectivity index (χ0v) is 11.6. The number of hydrogen-bond donors (Lipinski definition) is 2. The molecule has 0 bridgehead atoms. The van der Waals surface area contributed by atoms with Gasteiger partial charge in [0.05, 0.1) is 18.8 Å². The molecule has 2 aromatic heterocycles. The number of nitrogens with one attached hydrogen (secondary N) is 1. The molecular formula is C14H16N6O. The Balaban J connectivity index is 2.03. The van der Waals surface area contributed by atoms with E-state index in [4.69, 9.17) is 0 Å². The van der Waals surface area contributed by atoms with E-state index in [1.165, 1.54) is 0 Å². The number of aromatic amines is 1. The number of aliphatic hydroxyl groups is 1. The lowest BCUT2D eigenvalue weighted by atomic mass is 10.2. The van der Waals surface area contributed by atoms with Crippen LogP contribution >= 0.6 is 0 Å². The number of benzene rings is 1. The summed E-state index contributed by atoms with van der Waals surface area (Å²) in [5.41, 5.74) is 1.53. The van der Waals surface area contributed by atoms with E-state index in [9.17, 15) is 5.11 Å². The maximum absolute atomic E-state index is 9.88. The number of hydrogen-bond acceptors (Lipinski definition) is 5. The Labute approximate surface area is 121 Å². The highest BCUT2D eigenvalue weighted by molar-refractivity contribution is 5.58. The van der Waals surface area contributed by atoms with E-state index in [1.54, 1.807) is 10.9 Å². The molecule has 0 spiro atoms. The molecule has 7 nitrogen and oxygen atoms in total. The Morgan fingerprint density at radius 1 is 1.29 bits per heavy atom. The zero-order valence-electron chi connectivity index (χ0n) is 11.6. The second-order valence-electron chi connectivity index (χ2n) is 4.72. The third-order valence-electron chi connectivity index (χ3n) is 3.20. The lowest BCUT2D eigenvalue weighted by Gasteiger charge is -2.08. The molecule has 1 aromatic carbocycles. The van der Waals surface area contributed by atoms with Crippen LogP contribution < -0.4 is 0 Å². The van der Waals surface area contributed by atoms with Crippen LogP contribution in [0.5, 0.6) is 0 Å². The standard InChI is InChI=1S/C14H16N6O/c1-2-11(21)9-20-14(12-8-15-19-17-12)16-13(18-20)10-6-4-3-5-7-10/h3-8,11,21H,2,9H2,1H3,(H,15,17,19)/t11-/m0/s1. The summed E-state index contributed by atoms with van der Waals surface area (Å²) >= 11 is 0. The van der Waals surface area contributed by atoms with Crippen LogP contribution in [0.2, 0.25) is 0 Å². The Morgan fingerprint density at radius 3 is 2.76 bits per heavy atom. The maximum Gasteiger partial charge on any atom is 0.181 e. The molecule has 3 rings (SSSR count). The van der Waals surface area contributed by atoms with E-state index in [2.05, 4.69) is 25.5 Å². The highest BCUT2D eigenvalue weighted by Crippen LogP contribution is 2.20. The number of rotatable bonds is 5. The van der Waals surface area contributed by atoms with Gasteiger partial charge in [-0.05, 0) is 6.42 Å². The van der Waals surface area contributed by atoms with Gasteiger partial charge >= 0.3 is 0 Å². The molecular weight excluding hydrogens is 268 g/mol. The largest absolute Gasteiger partial charge is 0.391 e. The Bertz CT molecular complexity index is 692. The third kappa shape index (κ3) is 2.82. The number of nitrogens with zero attached hydrogens (tertiary/aromatic N) is 5. The third-order valence-corrected chi connectivity index (χ3v) is 3.20. The number of H-pyrrole nitrogens is 1. The van der Waals surface area contributed by atoms with E-state index in [1.807, 2.05) is 37.3 Å². The summed E-state index contributed by atoms with van der Waals surface area (Å²) in [5, 5.41) is 24.8. The molecule has 0 fully saturated rings. The minimum absolute atomic E-state index is 0.374. The van der Waals surface area contributed by atoms with E-state index in [0.717, 1.165) is 5.56 Å². The van der Waals surface area contributed by atoms with E-state index in [0.29, 0.717) is 30.3 Å². The summed E-state index contributed by atoms with van der Waals surface area (Å²) in [6.07, 6.45) is 1.77. The molecule has 0 aliphatic heterocycles. The molecule has 108 valence electrons. The molecule has 0 saturated carbocycles. The molecule has 0 amide bonds. The molecule has 0 unspecified atom stereocenters. The van der Waals surface area contributed by atoms with Crippen molar-refractivity contribution in [2.75, 3.05) is 0 Å². The Morgan fingerprint density at radius 2 is 2.10 bits per heavy atom. The van der Waals surface area contributed by atoms with Crippen LogP contribution in [0.25, 0.3) is 22.9 Å². The molecule has 1 atom stereocenters. The average Bonchev–Trinajstić information content (AvgIpc) is 3.17. The van der Waals surface area contributed by atoms with Gasteiger partial charge in [-0.1, -0.05) is 37.3 Å². The second kappa shape index (κ2) is 5.84. The maximum atomic E-state index is 9.88. The molecule has 2 heterocycles. The van der Waals surface area contributed by atoms with Crippen molar-refractivity contribution in [2.24, 2.45) is 0 Å². The van der Waals surface area contributed by atoms with Crippen LogP contribution in [0.15, 0.2) is 36.5 Å². The van der Waals surface area contributed by atoms with Crippen molar-refractivity contribution in [1.29, 1.82) is 0 Å². The molecule has 21 heavy (non-hydrogen) atoms. The van der Waals surface area contributed by atoms with Crippen molar-refractivity contribution >= 4 is 0 Å². The number of aromatic nitrogens is 6. The monoisotopic (exact) mass is 284 g/mol. The Kier molecular flexibility index (Phi) is 3.74. The second-order valence-corrected chi connectivity index (χ2v) is 4.72. The van der Waals surface area contributed by atoms with Gasteiger partial charge in [0, 0.05) is 5.56 Å². The molecule has 0 aliphatic carbocycles. The highest BCUT2D eigenvalue weighted by atomic mass is 16.3. The van der Waals surface area contributed by atoms with Crippen LogP contribution in [-0.2, 0) is 6.54 Å². The fourth-order valence-corrected chi connectivity index (χ4v) is 2.01. The summed E-state index contributed by atoms with van der Waals surface area (Å²) in [5.74, 6) is 1.20. The molecule has 0 aliphatic rings. The van der Waals surface area contributed by atoms with Crippen LogP contribution in [-0.4, -0.2) is 41.4 Å². The highest BCUT2D eigenvalue weighted by Gasteiger charge is 2.17. The van der Waals surface area contributed by atoms with Crippen molar-refractivity contribution in [3.63, 3.8) is 0 Å². The quantitative estimate of drug-likeness (QED) is 0.740. The van der Waals surface area contributed by atoms with Gasteiger partial charge in [0.1, 0.15) is 5.69 Å². The topological polar surface area (TPSA) is 92.5 Å². The van der Waals surface area contributed by atoms with Gasteiger partial charge in [0.25, 0.3) is 0 Å². The van der Waals surface area contributed by atoms with E-state index < -0.39 is 6.10 Å². The average molecular weight is 284 g/mol. The van der Waals surface area contributed by atoms with Gasteiger partial charge in [0.2, 0.25) is 0 Å². The van der Waals surface area contributed by atoms with Crippen molar-refractivity contribution in [2.45, 2.75) is 26.0 Å². The summed E-state index contributed by atoms with van der Waals surface area (Å²) in [7, 11) is 0. The van der Waals surface area contributed by atoms with Crippen LogP contribution in [0.3, 0.4) is 0 Å². The fraction of sp³-hybridized carbons (Fsp3) is 0.286. The zero-order chi connectivity index (χ0) is 14.7. The molecule has 2 N–H and O–H groups in total. The van der Waals surface area contributed by atoms with Gasteiger partial charge in [-0.25, -0.2) is 9.67 Å². The first-order valence-electron chi connectivity index (χ1n) is 6.82.